The van der Waals surface area contributed by atoms with Crippen molar-refractivity contribution in [2.75, 3.05) is 5.32 Å². The first-order chi connectivity index (χ1) is 25.1. The summed E-state index contributed by atoms with van der Waals surface area (Å²) in [6.07, 6.45) is 10.9. The summed E-state index contributed by atoms with van der Waals surface area (Å²) in [5, 5.41) is 12.2. The lowest BCUT2D eigenvalue weighted by molar-refractivity contribution is 1.08. The van der Waals surface area contributed by atoms with Gasteiger partial charge < -0.3 is 24.4 Å². The van der Waals surface area contributed by atoms with Gasteiger partial charge in [-0.3, -0.25) is 14.7 Å². The molecule has 6 aromatic heterocycles. The summed E-state index contributed by atoms with van der Waals surface area (Å²) in [6, 6.07) is 28.3. The van der Waals surface area contributed by atoms with E-state index in [9.17, 15) is 9.59 Å². The number of aromatic nitrogens is 9. The maximum Gasteiger partial charge on any atom is 0.275 e. The van der Waals surface area contributed by atoms with E-state index in [0.29, 0.717) is 28.1 Å². The highest BCUT2D eigenvalue weighted by Crippen LogP contribution is 2.35. The molecule has 6 heterocycles. The van der Waals surface area contributed by atoms with E-state index < -0.39 is 0 Å². The fourth-order valence-electron chi connectivity index (χ4n) is 6.82. The molecule has 1 saturated carbocycles. The summed E-state index contributed by atoms with van der Waals surface area (Å²) >= 11 is 0. The molecule has 12 nitrogen and oxygen atoms in total. The van der Waals surface area contributed by atoms with Crippen LogP contribution in [0.15, 0.2) is 126 Å². The lowest BCUT2D eigenvalue weighted by atomic mass is 10.0. The van der Waals surface area contributed by atoms with E-state index in [1.165, 1.54) is 25.5 Å². The molecule has 1 aliphatic carbocycles. The van der Waals surface area contributed by atoms with Crippen LogP contribution >= 0.6 is 0 Å². The Morgan fingerprint density at radius 1 is 0.667 bits per heavy atom. The Hall–Kier alpha value is -7.08. The predicted octanol–water partition coefficient (Wildman–Crippen LogP) is 6.59. The number of benzene rings is 3. The molecular formula is C39H28N10O2. The number of para-hydroxylation sites is 1. The predicted molar refractivity (Wildman–Crippen MR) is 197 cm³/mol. The quantitative estimate of drug-likeness (QED) is 0.149. The molecule has 10 rings (SSSR count). The highest BCUT2D eigenvalue weighted by atomic mass is 16.1. The molecule has 0 unspecified atom stereocenters. The molecule has 4 N–H and O–H groups in total. The number of hydrogen-bond acceptors (Lipinski definition) is 7. The Kier molecular flexibility index (Phi) is 6.37. The van der Waals surface area contributed by atoms with Gasteiger partial charge in [0.2, 0.25) is 0 Å². The molecule has 246 valence electrons. The van der Waals surface area contributed by atoms with Crippen molar-refractivity contribution >= 4 is 38.8 Å². The van der Waals surface area contributed by atoms with E-state index in [-0.39, 0.29) is 11.1 Å². The van der Waals surface area contributed by atoms with E-state index >= 15 is 0 Å². The van der Waals surface area contributed by atoms with Crippen molar-refractivity contribution in [1.82, 2.24) is 44.3 Å². The number of nitrogens with zero attached hydrogens (tertiary/aromatic N) is 6. The summed E-state index contributed by atoms with van der Waals surface area (Å²) in [7, 11) is 0. The van der Waals surface area contributed by atoms with Crippen molar-refractivity contribution in [2.24, 2.45) is 0 Å². The normalized spacial score (nSPS) is 13.0. The van der Waals surface area contributed by atoms with Crippen molar-refractivity contribution in [2.45, 2.75) is 18.9 Å². The molecule has 0 bridgehead atoms. The van der Waals surface area contributed by atoms with Crippen LogP contribution in [0.25, 0.3) is 77.9 Å². The summed E-state index contributed by atoms with van der Waals surface area (Å²) in [6.45, 7) is 0. The fourth-order valence-corrected chi connectivity index (χ4v) is 6.82. The van der Waals surface area contributed by atoms with Gasteiger partial charge >= 0.3 is 0 Å². The van der Waals surface area contributed by atoms with Gasteiger partial charge in [-0.15, -0.1) is 0 Å². The summed E-state index contributed by atoms with van der Waals surface area (Å²) in [5.41, 5.74) is 9.44. The first-order valence-electron chi connectivity index (χ1n) is 16.6. The molecule has 0 spiro atoms. The molecular weight excluding hydrogens is 640 g/mol. The van der Waals surface area contributed by atoms with Crippen molar-refractivity contribution in [3.05, 3.63) is 137 Å². The van der Waals surface area contributed by atoms with Crippen LogP contribution < -0.4 is 16.4 Å². The van der Waals surface area contributed by atoms with Crippen LogP contribution in [-0.4, -0.2) is 50.3 Å². The number of pyridine rings is 1. The third kappa shape index (κ3) is 4.83. The van der Waals surface area contributed by atoms with Crippen molar-refractivity contribution in [3.63, 3.8) is 0 Å². The number of hydrogen-bond donors (Lipinski definition) is 4. The van der Waals surface area contributed by atoms with Crippen molar-refractivity contribution in [3.8, 4) is 44.9 Å². The van der Waals surface area contributed by atoms with Gasteiger partial charge in [0.25, 0.3) is 11.1 Å². The Morgan fingerprint density at radius 3 is 1.94 bits per heavy atom. The first-order valence-corrected chi connectivity index (χ1v) is 16.6. The van der Waals surface area contributed by atoms with Gasteiger partial charge in [0.1, 0.15) is 27.9 Å². The minimum atomic E-state index is -0.226. The first kappa shape index (κ1) is 28.9. The molecule has 0 aliphatic heterocycles. The van der Waals surface area contributed by atoms with Gasteiger partial charge in [-0.05, 0) is 66.9 Å². The van der Waals surface area contributed by atoms with Gasteiger partial charge in [0.05, 0.1) is 23.9 Å². The number of H-pyrrole nitrogens is 3. The number of aromatic amines is 3. The van der Waals surface area contributed by atoms with Gasteiger partial charge in [0, 0.05) is 63.6 Å². The Morgan fingerprint density at radius 2 is 1.29 bits per heavy atom. The zero-order chi connectivity index (χ0) is 34.1. The summed E-state index contributed by atoms with van der Waals surface area (Å²) in [4.78, 5) is 45.2. The van der Waals surface area contributed by atoms with Crippen LogP contribution in [0.2, 0.25) is 0 Å². The zero-order valence-electron chi connectivity index (χ0n) is 27.0. The molecule has 0 saturated heterocycles. The number of nitrogens with one attached hydrogen (secondary N) is 4. The third-order valence-corrected chi connectivity index (χ3v) is 9.50. The average molecular weight is 669 g/mol. The molecule has 0 radical (unpaired) electrons. The molecule has 1 aliphatic rings. The van der Waals surface area contributed by atoms with Crippen LogP contribution in [0.4, 0.5) is 5.82 Å². The molecule has 0 atom stereocenters. The summed E-state index contributed by atoms with van der Waals surface area (Å²) in [5.74, 6) is 0.845. The Bertz CT molecular complexity index is 2880. The zero-order valence-corrected chi connectivity index (χ0v) is 27.0. The fraction of sp³-hybridized carbons (Fsp3) is 0.0769. The summed E-state index contributed by atoms with van der Waals surface area (Å²) < 4.78 is 3.75. The lowest BCUT2D eigenvalue weighted by Crippen LogP contribution is -2.10. The largest absolute Gasteiger partial charge is 0.367 e. The van der Waals surface area contributed by atoms with Gasteiger partial charge in [-0.1, -0.05) is 36.4 Å². The SMILES string of the molecule is O=c1[nH]cnc2c(-c3ccc(NC4CC4)nc3)cn(-c3ccc(-c4n[nH]c5cc(-c6cn(-c7ccccc7)c7c(=O)[nH]cnc67)ccc45)cc3)c12. The second-order valence-electron chi connectivity index (χ2n) is 12.7. The van der Waals surface area contributed by atoms with E-state index in [4.69, 9.17) is 0 Å². The third-order valence-electron chi connectivity index (χ3n) is 9.50. The smallest absolute Gasteiger partial charge is 0.275 e. The van der Waals surface area contributed by atoms with Crippen LogP contribution in [0.5, 0.6) is 0 Å². The van der Waals surface area contributed by atoms with Crippen LogP contribution in [0, 0.1) is 0 Å². The highest BCUT2D eigenvalue weighted by molar-refractivity contribution is 5.99. The molecule has 0 amide bonds. The van der Waals surface area contributed by atoms with E-state index in [1.807, 2.05) is 113 Å². The second-order valence-corrected chi connectivity index (χ2v) is 12.7. The number of anilines is 1. The number of rotatable bonds is 7. The maximum atomic E-state index is 13.1. The van der Waals surface area contributed by atoms with Gasteiger partial charge in [-0.25, -0.2) is 15.0 Å². The minimum Gasteiger partial charge on any atom is -0.367 e. The average Bonchev–Trinajstić information content (AvgIpc) is 3.56. The van der Waals surface area contributed by atoms with Crippen molar-refractivity contribution in [1.29, 1.82) is 0 Å². The molecule has 12 heteroatoms. The number of fused-ring (bicyclic) bond motifs is 3. The van der Waals surface area contributed by atoms with Crippen molar-refractivity contribution < 1.29 is 0 Å². The topological polar surface area (TPSA) is 155 Å². The van der Waals surface area contributed by atoms with Crippen LogP contribution in [-0.2, 0) is 0 Å². The van der Waals surface area contributed by atoms with E-state index in [1.54, 1.807) is 0 Å². The Balaban J connectivity index is 0.999. The standard InChI is InChI=1S/C39H28N10O2/c50-38-36-34(41-20-43-38)29(18-48(36)26-4-2-1-3-5-26)23-8-14-28-31(16-23)46-47-33(28)22-6-12-27(13-7-22)49-19-30(35-37(49)39(51)44-21-42-35)24-9-15-32(40-17-24)45-25-10-11-25/h1-9,12-21,25H,10-11H2,(H,40,45)(H,46,47)(H,41,43,50)(H,42,44,51). The highest BCUT2D eigenvalue weighted by Gasteiger charge is 2.22. The van der Waals surface area contributed by atoms with E-state index in [0.717, 1.165) is 61.6 Å². The molecule has 1 fully saturated rings. The maximum absolute atomic E-state index is 13.1. The lowest BCUT2D eigenvalue weighted by Gasteiger charge is -2.06. The molecule has 51 heavy (non-hydrogen) atoms. The van der Waals surface area contributed by atoms with Gasteiger partial charge in [0.15, 0.2) is 0 Å². The second kappa shape index (κ2) is 11.2. The van der Waals surface area contributed by atoms with Crippen LogP contribution in [0.1, 0.15) is 12.8 Å². The minimum absolute atomic E-state index is 0.208. The van der Waals surface area contributed by atoms with Gasteiger partial charge in [-0.2, -0.15) is 5.10 Å². The molecule has 3 aromatic carbocycles. The van der Waals surface area contributed by atoms with E-state index in [2.05, 4.69) is 40.4 Å². The van der Waals surface area contributed by atoms with Crippen LogP contribution in [0.3, 0.4) is 0 Å². The Labute approximate surface area is 288 Å². The monoisotopic (exact) mass is 668 g/mol. The molecule has 9 aromatic rings.